The Morgan fingerprint density at radius 1 is 1.20 bits per heavy atom. The van der Waals surface area contributed by atoms with E-state index in [1.165, 1.54) is 10.6 Å². The number of hydrogen-bond donors (Lipinski definition) is 0. The first-order valence-electron chi connectivity index (χ1n) is 7.02. The van der Waals surface area contributed by atoms with Crippen LogP contribution in [0.25, 0.3) is 0 Å². The van der Waals surface area contributed by atoms with Crippen LogP contribution in [0.5, 0.6) is 5.75 Å². The summed E-state index contributed by atoms with van der Waals surface area (Å²) in [5, 5.41) is 3.21. The fraction of sp³-hybridized carbons (Fsp3) is 0.438. The van der Waals surface area contributed by atoms with Gasteiger partial charge in [0, 0.05) is 5.38 Å². The van der Waals surface area contributed by atoms with Crippen molar-refractivity contribution >= 4 is 22.9 Å². The van der Waals surface area contributed by atoms with Crippen LogP contribution in [0.3, 0.4) is 0 Å². The average Bonchev–Trinajstić information content (AvgIpc) is 2.95. The molecule has 0 aliphatic rings. The second-order valence-corrected chi connectivity index (χ2v) is 5.88. The molecule has 2 rings (SSSR count). The number of alkyl halides is 1. The molecule has 4 heteroatoms. The van der Waals surface area contributed by atoms with Gasteiger partial charge in [0.25, 0.3) is 0 Å². The van der Waals surface area contributed by atoms with Gasteiger partial charge in [-0.1, -0.05) is 19.1 Å². The van der Waals surface area contributed by atoms with E-state index in [1.54, 1.807) is 11.3 Å². The van der Waals surface area contributed by atoms with Crippen molar-refractivity contribution in [1.82, 2.24) is 4.98 Å². The van der Waals surface area contributed by atoms with Crippen molar-refractivity contribution < 1.29 is 4.74 Å². The second kappa shape index (κ2) is 8.28. The minimum atomic E-state index is 0.507. The molecule has 0 spiro atoms. The van der Waals surface area contributed by atoms with Crippen LogP contribution in [0.1, 0.15) is 36.0 Å². The monoisotopic (exact) mass is 309 g/mol. The van der Waals surface area contributed by atoms with Crippen LogP contribution in [0.15, 0.2) is 29.6 Å². The van der Waals surface area contributed by atoms with Crippen molar-refractivity contribution in [3.05, 3.63) is 45.9 Å². The molecule has 0 bridgehead atoms. The number of thiazole rings is 1. The number of aryl methyl sites for hydroxylation is 2. The van der Waals surface area contributed by atoms with Crippen molar-refractivity contribution in [2.45, 2.75) is 38.5 Å². The molecule has 1 heterocycles. The zero-order valence-electron chi connectivity index (χ0n) is 11.8. The van der Waals surface area contributed by atoms with Crippen LogP contribution in [0.4, 0.5) is 0 Å². The summed E-state index contributed by atoms with van der Waals surface area (Å²) in [5.41, 5.74) is 2.33. The maximum absolute atomic E-state index is 5.74. The van der Waals surface area contributed by atoms with Gasteiger partial charge >= 0.3 is 0 Å². The van der Waals surface area contributed by atoms with Gasteiger partial charge in [0.2, 0.25) is 0 Å². The minimum Gasteiger partial charge on any atom is -0.494 e. The Morgan fingerprint density at radius 2 is 2.00 bits per heavy atom. The smallest absolute Gasteiger partial charge is 0.119 e. The van der Waals surface area contributed by atoms with E-state index in [0.717, 1.165) is 43.7 Å². The summed E-state index contributed by atoms with van der Waals surface area (Å²) in [6.45, 7) is 2.92. The van der Waals surface area contributed by atoms with Gasteiger partial charge in [0.05, 0.1) is 23.2 Å². The molecule has 0 saturated carbocycles. The number of nitrogens with zero attached hydrogens (tertiary/aromatic N) is 1. The summed E-state index contributed by atoms with van der Waals surface area (Å²) in [6, 6.07) is 8.34. The summed E-state index contributed by atoms with van der Waals surface area (Å²) in [7, 11) is 0. The molecule has 0 fully saturated rings. The van der Waals surface area contributed by atoms with Gasteiger partial charge in [-0.15, -0.1) is 22.9 Å². The van der Waals surface area contributed by atoms with Crippen LogP contribution in [-0.4, -0.2) is 11.6 Å². The van der Waals surface area contributed by atoms with E-state index < -0.39 is 0 Å². The first-order valence-corrected chi connectivity index (χ1v) is 8.44. The molecule has 0 aliphatic carbocycles. The maximum Gasteiger partial charge on any atom is 0.119 e. The summed E-state index contributed by atoms with van der Waals surface area (Å²) in [6.07, 6.45) is 4.23. The lowest BCUT2D eigenvalue weighted by atomic mass is 10.2. The summed E-state index contributed by atoms with van der Waals surface area (Å²) < 4.78 is 5.73. The Morgan fingerprint density at radius 3 is 2.65 bits per heavy atom. The molecular weight excluding hydrogens is 290 g/mol. The van der Waals surface area contributed by atoms with Crippen molar-refractivity contribution in [2.24, 2.45) is 0 Å². The quantitative estimate of drug-likeness (QED) is 0.514. The number of hydrogen-bond acceptors (Lipinski definition) is 3. The normalized spacial score (nSPS) is 10.7. The third kappa shape index (κ3) is 4.80. The van der Waals surface area contributed by atoms with Gasteiger partial charge in [-0.2, -0.15) is 0 Å². The highest BCUT2D eigenvalue weighted by Crippen LogP contribution is 2.15. The molecule has 1 aromatic heterocycles. The van der Waals surface area contributed by atoms with Crippen LogP contribution >= 0.6 is 22.9 Å². The number of halogens is 1. The first kappa shape index (κ1) is 15.3. The number of ether oxygens (including phenoxy) is 1. The Kier molecular flexibility index (Phi) is 6.34. The third-order valence-corrected chi connectivity index (χ3v) is 4.35. The first-order chi connectivity index (χ1) is 9.81. The highest BCUT2D eigenvalue weighted by Gasteiger charge is 2.01. The van der Waals surface area contributed by atoms with Crippen LogP contribution < -0.4 is 4.74 Å². The van der Waals surface area contributed by atoms with Crippen LogP contribution in [0.2, 0.25) is 0 Å². The van der Waals surface area contributed by atoms with E-state index in [4.69, 9.17) is 16.3 Å². The number of rotatable bonds is 8. The zero-order chi connectivity index (χ0) is 14.2. The zero-order valence-corrected chi connectivity index (χ0v) is 13.3. The molecule has 0 radical (unpaired) electrons. The van der Waals surface area contributed by atoms with E-state index in [2.05, 4.69) is 24.0 Å². The van der Waals surface area contributed by atoms with Gasteiger partial charge < -0.3 is 4.74 Å². The van der Waals surface area contributed by atoms with E-state index >= 15 is 0 Å². The average molecular weight is 310 g/mol. The standard InChI is InChI=1S/C16H20ClNOS/c1-2-13-6-8-15(9-7-13)19-10-4-3-5-16-18-14(11-17)12-20-16/h6-9,12H,2-5,10-11H2,1H3. The van der Waals surface area contributed by atoms with Crippen LogP contribution in [-0.2, 0) is 18.7 Å². The third-order valence-electron chi connectivity index (χ3n) is 3.12. The van der Waals surface area contributed by atoms with Gasteiger partial charge in [0.1, 0.15) is 5.75 Å². The molecular formula is C16H20ClNOS. The van der Waals surface area contributed by atoms with Gasteiger partial charge in [-0.3, -0.25) is 0 Å². The predicted octanol–water partition coefficient (Wildman–Crippen LogP) is 4.85. The molecule has 0 atom stereocenters. The van der Waals surface area contributed by atoms with E-state index in [-0.39, 0.29) is 0 Å². The number of unbranched alkanes of at least 4 members (excludes halogenated alkanes) is 1. The fourth-order valence-electron chi connectivity index (χ4n) is 1.91. The Balaban J connectivity index is 1.63. The molecule has 0 unspecified atom stereocenters. The summed E-state index contributed by atoms with van der Waals surface area (Å²) >= 11 is 7.43. The molecule has 0 amide bonds. The van der Waals surface area contributed by atoms with E-state index in [1.807, 2.05) is 17.5 Å². The highest BCUT2D eigenvalue weighted by atomic mass is 35.5. The number of aromatic nitrogens is 1. The molecule has 2 nitrogen and oxygen atoms in total. The lowest BCUT2D eigenvalue weighted by Gasteiger charge is -2.06. The second-order valence-electron chi connectivity index (χ2n) is 4.67. The molecule has 108 valence electrons. The van der Waals surface area contributed by atoms with Gasteiger partial charge in [0.15, 0.2) is 0 Å². The molecule has 0 aliphatic heterocycles. The Hall–Kier alpha value is -1.06. The molecule has 0 N–H and O–H groups in total. The maximum atomic E-state index is 5.74. The van der Waals surface area contributed by atoms with Crippen molar-refractivity contribution in [2.75, 3.05) is 6.61 Å². The Bertz CT molecular complexity index is 509. The van der Waals surface area contributed by atoms with Gasteiger partial charge in [-0.05, 0) is 43.4 Å². The largest absolute Gasteiger partial charge is 0.494 e. The lowest BCUT2D eigenvalue weighted by molar-refractivity contribution is 0.307. The van der Waals surface area contributed by atoms with E-state index in [9.17, 15) is 0 Å². The topological polar surface area (TPSA) is 22.1 Å². The molecule has 2 aromatic rings. The molecule has 1 aromatic carbocycles. The lowest BCUT2D eigenvalue weighted by Crippen LogP contribution is -1.98. The SMILES string of the molecule is CCc1ccc(OCCCCc2nc(CCl)cs2)cc1. The minimum absolute atomic E-state index is 0.507. The van der Waals surface area contributed by atoms with Crippen molar-refractivity contribution in [3.63, 3.8) is 0 Å². The van der Waals surface area contributed by atoms with Crippen LogP contribution in [0, 0.1) is 0 Å². The van der Waals surface area contributed by atoms with Crippen molar-refractivity contribution in [3.8, 4) is 5.75 Å². The molecule has 0 saturated heterocycles. The summed E-state index contributed by atoms with van der Waals surface area (Å²) in [5.74, 6) is 1.47. The van der Waals surface area contributed by atoms with E-state index in [0.29, 0.717) is 5.88 Å². The summed E-state index contributed by atoms with van der Waals surface area (Å²) in [4.78, 5) is 4.45. The fourth-order valence-corrected chi connectivity index (χ4v) is 2.98. The molecule has 20 heavy (non-hydrogen) atoms. The van der Waals surface area contributed by atoms with Crippen molar-refractivity contribution in [1.29, 1.82) is 0 Å². The Labute approximate surface area is 129 Å². The van der Waals surface area contributed by atoms with Gasteiger partial charge in [-0.25, -0.2) is 4.98 Å². The highest BCUT2D eigenvalue weighted by molar-refractivity contribution is 7.09. The predicted molar refractivity (Wildman–Crippen MR) is 85.9 cm³/mol. The number of benzene rings is 1.